The molecule has 0 N–H and O–H groups in total. The van der Waals surface area contributed by atoms with Gasteiger partial charge in [0, 0.05) is 5.02 Å². The number of aromatic nitrogens is 2. The van der Waals surface area contributed by atoms with Crippen molar-refractivity contribution in [1.82, 2.24) is 9.78 Å². The summed E-state index contributed by atoms with van der Waals surface area (Å²) in [6, 6.07) is 7.02. The first-order valence-electron chi connectivity index (χ1n) is 6.06. The SMILES string of the molecule is Cc1nn(CCOc2ccc(Cl)cc2)c(C)c1[N+](=O)[O-]. The maximum Gasteiger partial charge on any atom is 0.312 e. The highest BCUT2D eigenvalue weighted by atomic mass is 35.5. The topological polar surface area (TPSA) is 70.2 Å². The van der Waals surface area contributed by atoms with Gasteiger partial charge in [0.2, 0.25) is 0 Å². The van der Waals surface area contributed by atoms with Gasteiger partial charge in [-0.15, -0.1) is 0 Å². The van der Waals surface area contributed by atoms with Gasteiger partial charge in [-0.05, 0) is 38.1 Å². The molecule has 0 saturated heterocycles. The number of halogens is 1. The summed E-state index contributed by atoms with van der Waals surface area (Å²) in [6.07, 6.45) is 0. The van der Waals surface area contributed by atoms with Crippen molar-refractivity contribution in [1.29, 1.82) is 0 Å². The van der Waals surface area contributed by atoms with Gasteiger partial charge in [-0.2, -0.15) is 5.10 Å². The summed E-state index contributed by atoms with van der Waals surface area (Å²) in [5.74, 6) is 0.699. The first kappa shape index (κ1) is 14.3. The molecule has 0 radical (unpaired) electrons. The number of hydrogen-bond acceptors (Lipinski definition) is 4. The number of nitro groups is 1. The van der Waals surface area contributed by atoms with Crippen molar-refractivity contribution in [2.24, 2.45) is 0 Å². The van der Waals surface area contributed by atoms with Gasteiger partial charge < -0.3 is 4.74 Å². The van der Waals surface area contributed by atoms with Gasteiger partial charge in [0.25, 0.3) is 0 Å². The Morgan fingerprint density at radius 3 is 2.55 bits per heavy atom. The average Bonchev–Trinajstić information content (AvgIpc) is 2.67. The van der Waals surface area contributed by atoms with Crippen LogP contribution in [-0.2, 0) is 6.54 Å². The minimum absolute atomic E-state index is 0.0662. The van der Waals surface area contributed by atoms with Crippen molar-refractivity contribution >= 4 is 17.3 Å². The van der Waals surface area contributed by atoms with Crippen LogP contribution in [-0.4, -0.2) is 21.3 Å². The summed E-state index contributed by atoms with van der Waals surface area (Å²) in [6.45, 7) is 4.13. The summed E-state index contributed by atoms with van der Waals surface area (Å²) >= 11 is 5.78. The second-order valence-electron chi connectivity index (χ2n) is 4.30. The van der Waals surface area contributed by atoms with Crippen LogP contribution in [0.25, 0.3) is 0 Å². The van der Waals surface area contributed by atoms with Crippen molar-refractivity contribution in [3.63, 3.8) is 0 Å². The molecule has 0 spiro atoms. The van der Waals surface area contributed by atoms with E-state index in [0.29, 0.717) is 35.3 Å². The molecule has 0 aliphatic carbocycles. The lowest BCUT2D eigenvalue weighted by Gasteiger charge is -2.07. The van der Waals surface area contributed by atoms with Crippen LogP contribution < -0.4 is 4.74 Å². The molecule has 0 saturated carbocycles. The number of aryl methyl sites for hydroxylation is 1. The minimum Gasteiger partial charge on any atom is -0.492 e. The maximum absolute atomic E-state index is 10.9. The molecular weight excluding hydrogens is 282 g/mol. The van der Waals surface area contributed by atoms with Crippen LogP contribution >= 0.6 is 11.6 Å². The Labute approximate surface area is 121 Å². The number of benzene rings is 1. The Morgan fingerprint density at radius 2 is 2.00 bits per heavy atom. The molecule has 1 aromatic carbocycles. The molecular formula is C13H14ClN3O3. The van der Waals surface area contributed by atoms with Crippen molar-refractivity contribution < 1.29 is 9.66 Å². The predicted molar refractivity (Wildman–Crippen MR) is 75.3 cm³/mol. The molecule has 0 aliphatic rings. The number of hydrogen-bond donors (Lipinski definition) is 0. The van der Waals surface area contributed by atoms with E-state index in [9.17, 15) is 10.1 Å². The highest BCUT2D eigenvalue weighted by Gasteiger charge is 2.21. The Balaban J connectivity index is 1.99. The molecule has 2 rings (SSSR count). The predicted octanol–water partition coefficient (Wildman–Crippen LogP) is 3.14. The van der Waals surface area contributed by atoms with E-state index >= 15 is 0 Å². The molecule has 7 heteroatoms. The smallest absolute Gasteiger partial charge is 0.312 e. The molecule has 0 bridgehead atoms. The van der Waals surface area contributed by atoms with E-state index in [1.165, 1.54) is 0 Å². The fraction of sp³-hybridized carbons (Fsp3) is 0.308. The molecule has 0 atom stereocenters. The molecule has 0 fully saturated rings. The summed E-state index contributed by atoms with van der Waals surface area (Å²) in [5, 5.41) is 15.7. The molecule has 2 aromatic rings. The second-order valence-corrected chi connectivity index (χ2v) is 4.74. The van der Waals surface area contributed by atoms with Gasteiger partial charge in [0.1, 0.15) is 23.7 Å². The lowest BCUT2D eigenvalue weighted by atomic mass is 10.3. The summed E-state index contributed by atoms with van der Waals surface area (Å²) in [5.41, 5.74) is 1.02. The van der Waals surface area contributed by atoms with E-state index in [1.807, 2.05) is 0 Å². The van der Waals surface area contributed by atoms with Crippen molar-refractivity contribution in [3.05, 3.63) is 50.8 Å². The molecule has 0 amide bonds. The molecule has 0 aliphatic heterocycles. The van der Waals surface area contributed by atoms with Gasteiger partial charge in [0.05, 0.1) is 11.5 Å². The normalized spacial score (nSPS) is 10.6. The van der Waals surface area contributed by atoms with E-state index in [2.05, 4.69) is 5.10 Å². The number of nitrogens with zero attached hydrogens (tertiary/aromatic N) is 3. The average molecular weight is 296 g/mol. The third kappa shape index (κ3) is 3.08. The number of ether oxygens (including phenoxy) is 1. The van der Waals surface area contributed by atoms with E-state index < -0.39 is 4.92 Å². The Morgan fingerprint density at radius 1 is 1.35 bits per heavy atom. The lowest BCUT2D eigenvalue weighted by Crippen LogP contribution is -2.11. The molecule has 1 heterocycles. The molecule has 106 valence electrons. The highest BCUT2D eigenvalue weighted by molar-refractivity contribution is 6.30. The van der Waals surface area contributed by atoms with E-state index in [4.69, 9.17) is 16.3 Å². The van der Waals surface area contributed by atoms with Gasteiger partial charge in [0.15, 0.2) is 0 Å². The molecule has 6 nitrogen and oxygen atoms in total. The minimum atomic E-state index is -0.409. The Hall–Kier alpha value is -2.08. The maximum atomic E-state index is 10.9. The highest BCUT2D eigenvalue weighted by Crippen LogP contribution is 2.21. The fourth-order valence-corrected chi connectivity index (χ4v) is 2.08. The van der Waals surface area contributed by atoms with Gasteiger partial charge in [-0.3, -0.25) is 14.8 Å². The zero-order chi connectivity index (χ0) is 14.7. The van der Waals surface area contributed by atoms with Gasteiger partial charge in [-0.1, -0.05) is 11.6 Å². The molecule has 0 unspecified atom stereocenters. The van der Waals surface area contributed by atoms with Crippen molar-refractivity contribution in [3.8, 4) is 5.75 Å². The van der Waals surface area contributed by atoms with E-state index in [0.717, 1.165) is 0 Å². The standard InChI is InChI=1S/C13H14ClN3O3/c1-9-13(17(18)19)10(2)16(15-9)7-8-20-12-5-3-11(14)4-6-12/h3-6H,7-8H2,1-2H3. The zero-order valence-electron chi connectivity index (χ0n) is 11.2. The first-order valence-corrected chi connectivity index (χ1v) is 6.43. The third-order valence-electron chi connectivity index (χ3n) is 2.91. The van der Waals surface area contributed by atoms with Crippen molar-refractivity contribution in [2.45, 2.75) is 20.4 Å². The van der Waals surface area contributed by atoms with Crippen LogP contribution in [0.4, 0.5) is 5.69 Å². The van der Waals surface area contributed by atoms with Crippen LogP contribution in [0.15, 0.2) is 24.3 Å². The van der Waals surface area contributed by atoms with Crippen LogP contribution in [0.1, 0.15) is 11.4 Å². The molecule has 20 heavy (non-hydrogen) atoms. The molecule has 1 aromatic heterocycles. The van der Waals surface area contributed by atoms with Crippen LogP contribution in [0.2, 0.25) is 5.02 Å². The van der Waals surface area contributed by atoms with Crippen LogP contribution in [0, 0.1) is 24.0 Å². The fourth-order valence-electron chi connectivity index (χ4n) is 1.95. The first-order chi connectivity index (χ1) is 9.49. The largest absolute Gasteiger partial charge is 0.492 e. The van der Waals surface area contributed by atoms with E-state index in [-0.39, 0.29) is 5.69 Å². The van der Waals surface area contributed by atoms with Crippen LogP contribution in [0.5, 0.6) is 5.75 Å². The summed E-state index contributed by atoms with van der Waals surface area (Å²) < 4.78 is 7.13. The Kier molecular flexibility index (Phi) is 4.24. The zero-order valence-corrected chi connectivity index (χ0v) is 11.9. The monoisotopic (exact) mass is 295 g/mol. The Bertz CT molecular complexity index is 623. The van der Waals surface area contributed by atoms with E-state index in [1.54, 1.807) is 42.8 Å². The lowest BCUT2D eigenvalue weighted by molar-refractivity contribution is -0.386. The third-order valence-corrected chi connectivity index (χ3v) is 3.16. The van der Waals surface area contributed by atoms with Gasteiger partial charge >= 0.3 is 5.69 Å². The summed E-state index contributed by atoms with van der Waals surface area (Å²) in [4.78, 5) is 10.5. The van der Waals surface area contributed by atoms with Crippen molar-refractivity contribution in [2.75, 3.05) is 6.61 Å². The van der Waals surface area contributed by atoms with Crippen LogP contribution in [0.3, 0.4) is 0 Å². The quantitative estimate of drug-likeness (QED) is 0.627. The number of rotatable bonds is 5. The summed E-state index contributed by atoms with van der Waals surface area (Å²) in [7, 11) is 0. The van der Waals surface area contributed by atoms with Gasteiger partial charge in [-0.25, -0.2) is 0 Å². The second kappa shape index (κ2) is 5.92.